The van der Waals surface area contributed by atoms with Crippen LogP contribution in [0, 0.1) is 23.7 Å². The van der Waals surface area contributed by atoms with Crippen LogP contribution in [0.1, 0.15) is 124 Å². The zero-order valence-corrected chi connectivity index (χ0v) is 30.7. The Morgan fingerprint density at radius 2 is 1.32 bits per heavy atom. The number of hydrogen-bond acceptors (Lipinski definition) is 7. The Morgan fingerprint density at radius 3 is 1.85 bits per heavy atom. The molecule has 0 bridgehead atoms. The lowest BCUT2D eigenvalue weighted by Gasteiger charge is -2.38. The van der Waals surface area contributed by atoms with Crippen LogP contribution in [0.4, 0.5) is 0 Å². The zero-order chi connectivity index (χ0) is 34.6. The third-order valence-corrected chi connectivity index (χ3v) is 12.5. The lowest BCUT2D eigenvalue weighted by molar-refractivity contribution is -0.143. The third kappa shape index (κ3) is 12.0. The van der Waals surface area contributed by atoms with Crippen molar-refractivity contribution in [2.24, 2.45) is 23.7 Å². The van der Waals surface area contributed by atoms with Crippen LogP contribution in [0.15, 0.2) is 0 Å². The largest absolute Gasteiger partial charge is 0.390 e. The molecule has 11 nitrogen and oxygen atoms in total. The van der Waals surface area contributed by atoms with Crippen LogP contribution in [0.25, 0.3) is 0 Å². The summed E-state index contributed by atoms with van der Waals surface area (Å²) < 4.78 is 26.4. The molecule has 3 aliphatic carbocycles. The van der Waals surface area contributed by atoms with Crippen molar-refractivity contribution < 1.29 is 27.9 Å². The van der Waals surface area contributed by atoms with E-state index < -0.39 is 45.2 Å². The molecule has 3 aliphatic rings. The normalized spacial score (nSPS) is 24.4. The summed E-state index contributed by atoms with van der Waals surface area (Å²) in [5.74, 6) is -1.31. The van der Waals surface area contributed by atoms with Gasteiger partial charge in [0.25, 0.3) is 0 Å². The summed E-state index contributed by atoms with van der Waals surface area (Å²) in [7, 11) is -0.159. The highest BCUT2D eigenvalue weighted by Crippen LogP contribution is 2.36. The molecule has 5 unspecified atom stereocenters. The number of nitrogens with zero attached hydrogens (tertiary/aromatic N) is 3. The van der Waals surface area contributed by atoms with Gasteiger partial charge in [-0.25, -0.2) is 13.4 Å². The molecule has 0 spiro atoms. The van der Waals surface area contributed by atoms with Gasteiger partial charge in [0.1, 0.15) is 0 Å². The number of nitrogens with one attached hydrogen (secondary N) is 2. The fourth-order valence-corrected chi connectivity index (χ4v) is 9.71. The van der Waals surface area contributed by atoms with Crippen LogP contribution in [0.3, 0.4) is 0 Å². The highest BCUT2D eigenvalue weighted by molar-refractivity contribution is 7.90. The van der Waals surface area contributed by atoms with Crippen LogP contribution >= 0.6 is 0 Å². The number of likely N-dealkylation sites (N-methyl/N-ethyl adjacent to an activating group) is 1. The Hall–Kier alpha value is -1.76. The molecule has 3 saturated carbocycles. The first-order valence-corrected chi connectivity index (χ1v) is 20.2. The number of aliphatic hydroxyl groups is 1. The first kappa shape index (κ1) is 39.7. The molecular formula is C35H65N5O6S. The van der Waals surface area contributed by atoms with E-state index in [1.165, 1.54) is 6.42 Å². The summed E-state index contributed by atoms with van der Waals surface area (Å²) in [6.07, 6.45) is 12.1. The number of carbonyl (C=O) groups is 3. The molecular weight excluding hydrogens is 618 g/mol. The number of rotatable bonds is 17. The molecule has 0 aliphatic heterocycles. The minimum Gasteiger partial charge on any atom is -0.390 e. The van der Waals surface area contributed by atoms with Crippen molar-refractivity contribution >= 4 is 27.7 Å². The average molecular weight is 684 g/mol. The lowest BCUT2D eigenvalue weighted by atomic mass is 9.73. The molecule has 0 aromatic rings. The van der Waals surface area contributed by atoms with Crippen molar-refractivity contribution in [2.45, 2.75) is 141 Å². The highest BCUT2D eigenvalue weighted by atomic mass is 32.2. The summed E-state index contributed by atoms with van der Waals surface area (Å²) >= 11 is 0. The third-order valence-electron chi connectivity index (χ3n) is 10.7. The van der Waals surface area contributed by atoms with E-state index in [9.17, 15) is 27.9 Å². The second-order valence-corrected chi connectivity index (χ2v) is 16.7. The number of aliphatic hydroxyl groups excluding tert-OH is 1. The van der Waals surface area contributed by atoms with Crippen LogP contribution in [-0.2, 0) is 24.4 Å². The molecule has 47 heavy (non-hydrogen) atoms. The SMILES string of the molecule is CCCN(CCC)C(=O)C1CC(C(=O)NC(CC2CCCCC2)C(O)CN(CC)NS(=O)(=O)C2CCCCC2)CC(C(=O)N(C)C)C1. The van der Waals surface area contributed by atoms with Gasteiger partial charge in [-0.3, -0.25) is 14.4 Å². The van der Waals surface area contributed by atoms with E-state index in [1.807, 2.05) is 25.7 Å². The molecule has 0 radical (unpaired) electrons. The van der Waals surface area contributed by atoms with Crippen molar-refractivity contribution in [1.82, 2.24) is 25.0 Å². The predicted molar refractivity (Wildman–Crippen MR) is 185 cm³/mol. The van der Waals surface area contributed by atoms with Gasteiger partial charge in [-0.05, 0) is 57.3 Å². The van der Waals surface area contributed by atoms with Crippen LogP contribution in [0.5, 0.6) is 0 Å². The molecule has 0 heterocycles. The Kier molecular flexibility index (Phi) is 16.4. The predicted octanol–water partition coefficient (Wildman–Crippen LogP) is 4.06. The standard InChI is InChI=1S/C35H65N5O6S/c1-6-19-39(20-7-2)35(44)29-23-27(22-28(24-29)34(43)38(4)5)33(42)36-31(21-26-15-11-9-12-16-26)32(41)25-40(8-3)37-47(45,46)30-17-13-10-14-18-30/h26-32,37,41H,6-25H2,1-5H3,(H,36,42). The highest BCUT2D eigenvalue weighted by Gasteiger charge is 2.42. The molecule has 12 heteroatoms. The fourth-order valence-electron chi connectivity index (χ4n) is 8.04. The van der Waals surface area contributed by atoms with Gasteiger partial charge in [0.2, 0.25) is 27.7 Å². The van der Waals surface area contributed by atoms with Crippen LogP contribution in [0.2, 0.25) is 0 Å². The molecule has 272 valence electrons. The Labute approximate surface area is 285 Å². The van der Waals surface area contributed by atoms with Crippen molar-refractivity contribution in [2.75, 3.05) is 40.3 Å². The number of hydrazine groups is 1. The first-order valence-electron chi connectivity index (χ1n) is 18.6. The monoisotopic (exact) mass is 683 g/mol. The van der Waals surface area contributed by atoms with E-state index in [2.05, 4.69) is 10.1 Å². The summed E-state index contributed by atoms with van der Waals surface area (Å²) in [4.78, 5) is 47.2. The smallest absolute Gasteiger partial charge is 0.227 e. The Morgan fingerprint density at radius 1 is 0.787 bits per heavy atom. The molecule has 3 amide bonds. The van der Waals surface area contributed by atoms with E-state index in [0.717, 1.165) is 57.8 Å². The number of sulfonamides is 1. The van der Waals surface area contributed by atoms with Crippen molar-refractivity contribution in [1.29, 1.82) is 0 Å². The minimum atomic E-state index is -3.58. The summed E-state index contributed by atoms with van der Waals surface area (Å²) in [6.45, 7) is 7.68. The number of hydrogen-bond donors (Lipinski definition) is 3. The van der Waals surface area contributed by atoms with Crippen LogP contribution < -0.4 is 10.1 Å². The Balaban J connectivity index is 1.78. The maximum atomic E-state index is 14.1. The topological polar surface area (TPSA) is 139 Å². The molecule has 3 rings (SSSR count). The van der Waals surface area contributed by atoms with Gasteiger partial charge >= 0.3 is 0 Å². The van der Waals surface area contributed by atoms with E-state index in [1.54, 1.807) is 24.0 Å². The van der Waals surface area contributed by atoms with E-state index in [-0.39, 0.29) is 24.3 Å². The van der Waals surface area contributed by atoms with Gasteiger partial charge in [-0.15, -0.1) is 4.83 Å². The van der Waals surface area contributed by atoms with Crippen molar-refractivity contribution in [3.63, 3.8) is 0 Å². The quantitative estimate of drug-likeness (QED) is 0.197. The summed E-state index contributed by atoms with van der Waals surface area (Å²) in [5, 5.41) is 15.9. The molecule has 0 aromatic heterocycles. The lowest BCUT2D eigenvalue weighted by Crippen LogP contribution is -2.55. The second kappa shape index (κ2) is 19.4. The maximum absolute atomic E-state index is 14.1. The van der Waals surface area contributed by atoms with Gasteiger partial charge in [0.15, 0.2) is 0 Å². The van der Waals surface area contributed by atoms with E-state index in [4.69, 9.17) is 0 Å². The first-order chi connectivity index (χ1) is 22.4. The van der Waals surface area contributed by atoms with Gasteiger partial charge in [-0.2, -0.15) is 0 Å². The van der Waals surface area contributed by atoms with Crippen molar-refractivity contribution in [3.05, 3.63) is 0 Å². The minimum absolute atomic E-state index is 0.0189. The molecule has 5 atom stereocenters. The number of amides is 3. The zero-order valence-electron chi connectivity index (χ0n) is 29.9. The van der Waals surface area contributed by atoms with E-state index >= 15 is 0 Å². The van der Waals surface area contributed by atoms with Gasteiger partial charge < -0.3 is 20.2 Å². The Bertz CT molecular complexity index is 1090. The average Bonchev–Trinajstić information content (AvgIpc) is 3.07. The van der Waals surface area contributed by atoms with Crippen LogP contribution in [-0.4, -0.2) is 104 Å². The fraction of sp³-hybridized carbons (Fsp3) is 0.914. The molecule has 0 saturated heterocycles. The van der Waals surface area contributed by atoms with E-state index in [0.29, 0.717) is 64.1 Å². The van der Waals surface area contributed by atoms with Crippen molar-refractivity contribution in [3.8, 4) is 0 Å². The molecule has 3 fully saturated rings. The molecule has 3 N–H and O–H groups in total. The summed E-state index contributed by atoms with van der Waals surface area (Å²) in [6, 6.07) is -0.574. The second-order valence-electron chi connectivity index (χ2n) is 14.7. The van der Waals surface area contributed by atoms with Gasteiger partial charge in [-0.1, -0.05) is 72.1 Å². The molecule has 0 aromatic carbocycles. The van der Waals surface area contributed by atoms with Gasteiger partial charge in [0.05, 0.1) is 17.4 Å². The maximum Gasteiger partial charge on any atom is 0.227 e. The van der Waals surface area contributed by atoms with Gasteiger partial charge in [0, 0.05) is 58.0 Å². The number of carbonyl (C=O) groups excluding carboxylic acids is 3. The summed E-state index contributed by atoms with van der Waals surface area (Å²) in [5.41, 5.74) is 0.